The van der Waals surface area contributed by atoms with Crippen LogP contribution in [-0.2, 0) is 9.53 Å². The molecule has 0 aliphatic heterocycles. The Labute approximate surface area is 144 Å². The average Bonchev–Trinajstić information content (AvgIpc) is 2.61. The highest BCUT2D eigenvalue weighted by Crippen LogP contribution is 2.22. The molecule has 24 heavy (non-hydrogen) atoms. The predicted molar refractivity (Wildman–Crippen MR) is 90.5 cm³/mol. The zero-order chi connectivity index (χ0) is 17.4. The molecule has 0 radical (unpaired) electrons. The van der Waals surface area contributed by atoms with Gasteiger partial charge in [0.15, 0.2) is 6.61 Å². The van der Waals surface area contributed by atoms with Crippen LogP contribution in [0.15, 0.2) is 53.6 Å². The lowest BCUT2D eigenvalue weighted by atomic mass is 10.1. The molecule has 124 valence electrons. The summed E-state index contributed by atoms with van der Waals surface area (Å²) in [7, 11) is 1.32. The van der Waals surface area contributed by atoms with Crippen molar-refractivity contribution < 1.29 is 19.1 Å². The summed E-state index contributed by atoms with van der Waals surface area (Å²) in [6, 6.07) is 13.4. The standard InChI is InChI=1S/C17H15ClN2O4/c1-23-17(22)13-8-6-12(7-9-13)10-19-20-16(21)11-24-15-5-3-2-4-14(15)18/h2-10H,11H2,1H3,(H,20,21)/b19-10-. The van der Waals surface area contributed by atoms with Gasteiger partial charge in [0.2, 0.25) is 0 Å². The number of para-hydroxylation sites is 1. The first-order valence-electron chi connectivity index (χ1n) is 6.98. The number of hydrogen-bond acceptors (Lipinski definition) is 5. The monoisotopic (exact) mass is 346 g/mol. The second kappa shape index (κ2) is 8.69. The lowest BCUT2D eigenvalue weighted by Crippen LogP contribution is -2.24. The highest BCUT2D eigenvalue weighted by molar-refractivity contribution is 6.32. The van der Waals surface area contributed by atoms with Crippen LogP contribution in [0.25, 0.3) is 0 Å². The summed E-state index contributed by atoms with van der Waals surface area (Å²) >= 11 is 5.92. The van der Waals surface area contributed by atoms with Crippen molar-refractivity contribution >= 4 is 29.7 Å². The number of carbonyl (C=O) groups is 2. The first-order valence-corrected chi connectivity index (χ1v) is 7.35. The Balaban J connectivity index is 1.82. The van der Waals surface area contributed by atoms with E-state index < -0.39 is 11.9 Å². The van der Waals surface area contributed by atoms with Crippen LogP contribution >= 0.6 is 11.6 Å². The fourth-order valence-electron chi connectivity index (χ4n) is 1.74. The Morgan fingerprint density at radius 1 is 1.17 bits per heavy atom. The Morgan fingerprint density at radius 3 is 2.54 bits per heavy atom. The van der Waals surface area contributed by atoms with Crippen molar-refractivity contribution in [2.24, 2.45) is 5.10 Å². The number of amides is 1. The quantitative estimate of drug-likeness (QED) is 0.495. The fraction of sp³-hybridized carbons (Fsp3) is 0.118. The number of carbonyl (C=O) groups excluding carboxylic acids is 2. The van der Waals surface area contributed by atoms with Gasteiger partial charge in [-0.25, -0.2) is 10.2 Å². The van der Waals surface area contributed by atoms with Crippen LogP contribution in [0, 0.1) is 0 Å². The molecule has 0 atom stereocenters. The highest BCUT2D eigenvalue weighted by Gasteiger charge is 2.05. The van der Waals surface area contributed by atoms with Crippen LogP contribution in [0.2, 0.25) is 5.02 Å². The maximum atomic E-state index is 11.6. The van der Waals surface area contributed by atoms with Crippen molar-refractivity contribution in [3.05, 3.63) is 64.7 Å². The number of hydrazone groups is 1. The van der Waals surface area contributed by atoms with E-state index in [1.165, 1.54) is 13.3 Å². The van der Waals surface area contributed by atoms with Gasteiger partial charge in [0.1, 0.15) is 5.75 Å². The van der Waals surface area contributed by atoms with E-state index in [1.807, 2.05) is 0 Å². The number of benzene rings is 2. The van der Waals surface area contributed by atoms with Gasteiger partial charge in [0.05, 0.1) is 23.9 Å². The minimum atomic E-state index is -0.419. The van der Waals surface area contributed by atoms with Gasteiger partial charge in [-0.3, -0.25) is 4.79 Å². The SMILES string of the molecule is COC(=O)c1ccc(/C=N\NC(=O)COc2ccccc2Cl)cc1. The van der Waals surface area contributed by atoms with Crippen LogP contribution in [0.5, 0.6) is 5.75 Å². The van der Waals surface area contributed by atoms with Crippen molar-refractivity contribution in [1.29, 1.82) is 0 Å². The number of hydrogen-bond donors (Lipinski definition) is 1. The fourth-order valence-corrected chi connectivity index (χ4v) is 1.93. The van der Waals surface area contributed by atoms with E-state index in [2.05, 4.69) is 15.3 Å². The van der Waals surface area contributed by atoms with Crippen molar-refractivity contribution in [3.8, 4) is 5.75 Å². The van der Waals surface area contributed by atoms with Gasteiger partial charge in [-0.15, -0.1) is 0 Å². The molecule has 1 amide bonds. The molecule has 0 aromatic heterocycles. The summed E-state index contributed by atoms with van der Waals surface area (Å²) in [5, 5.41) is 4.25. The number of ether oxygens (including phenoxy) is 2. The lowest BCUT2D eigenvalue weighted by Gasteiger charge is -2.06. The molecule has 0 bridgehead atoms. The zero-order valence-electron chi connectivity index (χ0n) is 12.9. The molecule has 0 saturated heterocycles. The summed E-state index contributed by atoms with van der Waals surface area (Å²) in [6.45, 7) is -0.206. The zero-order valence-corrected chi connectivity index (χ0v) is 13.6. The Bertz CT molecular complexity index is 745. The second-order valence-corrected chi connectivity index (χ2v) is 5.03. The Kier molecular flexibility index (Phi) is 6.33. The van der Waals surface area contributed by atoms with Crippen molar-refractivity contribution in [1.82, 2.24) is 5.43 Å². The van der Waals surface area contributed by atoms with E-state index in [-0.39, 0.29) is 6.61 Å². The normalized spacial score (nSPS) is 10.4. The molecule has 0 aliphatic rings. The van der Waals surface area contributed by atoms with Crippen LogP contribution in [0.4, 0.5) is 0 Å². The molecule has 7 heteroatoms. The van der Waals surface area contributed by atoms with Gasteiger partial charge in [-0.2, -0.15) is 5.10 Å². The molecule has 0 heterocycles. The van der Waals surface area contributed by atoms with E-state index >= 15 is 0 Å². The molecule has 0 saturated carbocycles. The molecule has 0 spiro atoms. The van der Waals surface area contributed by atoms with Gasteiger partial charge in [0, 0.05) is 0 Å². The number of methoxy groups -OCH3 is 1. The molecule has 2 rings (SSSR count). The molecule has 1 N–H and O–H groups in total. The van der Waals surface area contributed by atoms with Gasteiger partial charge >= 0.3 is 5.97 Å². The summed E-state index contributed by atoms with van der Waals surface area (Å²) in [5.74, 6) is -0.405. The van der Waals surface area contributed by atoms with E-state index in [4.69, 9.17) is 16.3 Å². The number of nitrogens with zero attached hydrogens (tertiary/aromatic N) is 1. The first-order chi connectivity index (χ1) is 11.6. The van der Waals surface area contributed by atoms with Crippen molar-refractivity contribution in [2.75, 3.05) is 13.7 Å². The summed E-state index contributed by atoms with van der Waals surface area (Å²) in [5.41, 5.74) is 3.49. The third kappa shape index (κ3) is 5.10. The number of esters is 1. The van der Waals surface area contributed by atoms with Gasteiger partial charge in [-0.05, 0) is 29.8 Å². The van der Waals surface area contributed by atoms with E-state index in [1.54, 1.807) is 48.5 Å². The van der Waals surface area contributed by atoms with E-state index in [0.717, 1.165) is 5.56 Å². The van der Waals surface area contributed by atoms with Crippen LogP contribution < -0.4 is 10.2 Å². The Hall–Kier alpha value is -2.86. The van der Waals surface area contributed by atoms with Crippen LogP contribution in [-0.4, -0.2) is 31.8 Å². The van der Waals surface area contributed by atoms with Crippen LogP contribution in [0.1, 0.15) is 15.9 Å². The third-order valence-corrected chi connectivity index (χ3v) is 3.24. The van der Waals surface area contributed by atoms with E-state index in [0.29, 0.717) is 16.3 Å². The minimum Gasteiger partial charge on any atom is -0.482 e. The van der Waals surface area contributed by atoms with Gasteiger partial charge in [-0.1, -0.05) is 35.9 Å². The van der Waals surface area contributed by atoms with Crippen molar-refractivity contribution in [2.45, 2.75) is 0 Å². The summed E-state index contributed by atoms with van der Waals surface area (Å²) < 4.78 is 9.89. The molecular formula is C17H15ClN2O4. The summed E-state index contributed by atoms with van der Waals surface area (Å²) in [6.07, 6.45) is 1.45. The largest absolute Gasteiger partial charge is 0.482 e. The first kappa shape index (κ1) is 17.5. The van der Waals surface area contributed by atoms with Gasteiger partial charge < -0.3 is 9.47 Å². The molecule has 6 nitrogen and oxygen atoms in total. The van der Waals surface area contributed by atoms with Crippen LogP contribution in [0.3, 0.4) is 0 Å². The lowest BCUT2D eigenvalue weighted by molar-refractivity contribution is -0.123. The van der Waals surface area contributed by atoms with Crippen molar-refractivity contribution in [3.63, 3.8) is 0 Å². The maximum absolute atomic E-state index is 11.6. The number of nitrogens with one attached hydrogen (secondary N) is 1. The average molecular weight is 347 g/mol. The number of halogens is 1. The third-order valence-electron chi connectivity index (χ3n) is 2.93. The maximum Gasteiger partial charge on any atom is 0.337 e. The topological polar surface area (TPSA) is 77.0 Å². The highest BCUT2D eigenvalue weighted by atomic mass is 35.5. The second-order valence-electron chi connectivity index (χ2n) is 4.63. The molecule has 0 aliphatic carbocycles. The summed E-state index contributed by atoms with van der Waals surface area (Å²) in [4.78, 5) is 23.0. The van der Waals surface area contributed by atoms with Gasteiger partial charge in [0.25, 0.3) is 5.91 Å². The smallest absolute Gasteiger partial charge is 0.337 e. The predicted octanol–water partition coefficient (Wildman–Crippen LogP) is 2.66. The van der Waals surface area contributed by atoms with E-state index in [9.17, 15) is 9.59 Å². The Morgan fingerprint density at radius 2 is 1.88 bits per heavy atom. The molecular weight excluding hydrogens is 332 g/mol. The molecule has 2 aromatic rings. The number of rotatable bonds is 6. The minimum absolute atomic E-state index is 0.206. The molecule has 2 aromatic carbocycles. The molecule has 0 unspecified atom stereocenters. The molecule has 0 fully saturated rings.